The second-order valence-electron chi connectivity index (χ2n) is 14.2. The van der Waals surface area contributed by atoms with E-state index in [1.54, 1.807) is 0 Å². The third-order valence-corrected chi connectivity index (χ3v) is 11.3. The Bertz CT molecular complexity index is 2270. The van der Waals surface area contributed by atoms with E-state index in [0.29, 0.717) is 5.41 Å². The Balaban J connectivity index is 1.06. The zero-order chi connectivity index (χ0) is 30.4. The van der Waals surface area contributed by atoms with E-state index in [2.05, 4.69) is 113 Å². The number of ether oxygens (including phenoxy) is 1. The van der Waals surface area contributed by atoms with E-state index in [-0.39, 0.29) is 0 Å². The summed E-state index contributed by atoms with van der Waals surface area (Å²) in [6, 6.07) is 36.5. The number of pyridine rings is 1. The highest BCUT2D eigenvalue weighted by molar-refractivity contribution is 6.09. The molecule has 7 aromatic rings. The van der Waals surface area contributed by atoms with Gasteiger partial charge in [0.2, 0.25) is 6.33 Å². The molecule has 4 aliphatic rings. The summed E-state index contributed by atoms with van der Waals surface area (Å²) in [6.45, 7) is 0. The number of hydrogen-bond donors (Lipinski definition) is 0. The lowest BCUT2D eigenvalue weighted by Crippen LogP contribution is -2.48. The van der Waals surface area contributed by atoms with Gasteiger partial charge in [-0.2, -0.15) is 0 Å². The minimum atomic E-state index is 0.323. The molecule has 4 aromatic carbocycles. The Labute approximate surface area is 268 Å². The molecule has 0 N–H and O–H groups in total. The normalized spacial score (nSPS) is 23.5. The second-order valence-corrected chi connectivity index (χ2v) is 14.2. The summed E-state index contributed by atoms with van der Waals surface area (Å²) in [5.41, 5.74) is 7.36. The van der Waals surface area contributed by atoms with Gasteiger partial charge in [-0.1, -0.05) is 54.6 Å². The highest BCUT2D eigenvalue weighted by Crippen LogP contribution is 2.60. The number of aromatic nitrogens is 4. The molecule has 0 spiro atoms. The van der Waals surface area contributed by atoms with Gasteiger partial charge in [0.25, 0.3) is 0 Å². The smallest absolute Gasteiger partial charge is 0.244 e. The average molecular weight is 601 g/mol. The molecule has 11 rings (SSSR count). The van der Waals surface area contributed by atoms with E-state index in [1.165, 1.54) is 60.4 Å². The van der Waals surface area contributed by atoms with Crippen molar-refractivity contribution in [3.63, 3.8) is 0 Å². The molecule has 3 heterocycles. The summed E-state index contributed by atoms with van der Waals surface area (Å²) in [7, 11) is 2.03. The first-order chi connectivity index (χ1) is 22.6. The lowest BCUT2D eigenvalue weighted by Gasteiger charge is -2.57. The van der Waals surface area contributed by atoms with Crippen molar-refractivity contribution in [1.29, 1.82) is 0 Å². The summed E-state index contributed by atoms with van der Waals surface area (Å²) in [5.74, 6) is 5.32. The Morgan fingerprint density at radius 3 is 2.26 bits per heavy atom. The molecule has 4 fully saturated rings. The lowest BCUT2D eigenvalue weighted by atomic mass is 9.48. The van der Waals surface area contributed by atoms with Crippen molar-refractivity contribution < 1.29 is 9.30 Å². The molecule has 3 aromatic heterocycles. The van der Waals surface area contributed by atoms with Crippen molar-refractivity contribution >= 4 is 32.8 Å². The summed E-state index contributed by atoms with van der Waals surface area (Å²) in [6.07, 6.45) is 13.9. The fraction of sp³-hybridized carbons (Fsp3) is 0.268. The van der Waals surface area contributed by atoms with Crippen molar-refractivity contribution in [2.75, 3.05) is 0 Å². The number of para-hydroxylation sites is 3. The minimum Gasteiger partial charge on any atom is -0.458 e. The number of hydrogen-bond acceptors (Lipinski definition) is 2. The maximum Gasteiger partial charge on any atom is 0.244 e. The van der Waals surface area contributed by atoms with Gasteiger partial charge in [-0.05, 0) is 110 Å². The first-order valence-electron chi connectivity index (χ1n) is 16.8. The Morgan fingerprint density at radius 1 is 0.717 bits per heavy atom. The molecule has 4 bridgehead atoms. The molecule has 0 radical (unpaired) electrons. The van der Waals surface area contributed by atoms with E-state index in [0.717, 1.165) is 57.3 Å². The summed E-state index contributed by atoms with van der Waals surface area (Å²) >= 11 is 0. The second kappa shape index (κ2) is 9.80. The maximum atomic E-state index is 6.57. The molecule has 0 unspecified atom stereocenters. The van der Waals surface area contributed by atoms with E-state index in [4.69, 9.17) is 9.72 Å². The predicted molar refractivity (Wildman–Crippen MR) is 182 cm³/mol. The summed E-state index contributed by atoms with van der Waals surface area (Å²) < 4.78 is 13.0. The predicted octanol–water partition coefficient (Wildman–Crippen LogP) is 9.01. The molecule has 0 amide bonds. The summed E-state index contributed by atoms with van der Waals surface area (Å²) in [4.78, 5) is 5.01. The van der Waals surface area contributed by atoms with Gasteiger partial charge in [0.05, 0.1) is 34.8 Å². The molecule has 5 heteroatoms. The first-order valence-corrected chi connectivity index (χ1v) is 16.8. The van der Waals surface area contributed by atoms with Gasteiger partial charge in [-0.25, -0.2) is 4.98 Å². The molecule has 226 valence electrons. The Kier molecular flexibility index (Phi) is 5.61. The number of aryl methyl sites for hydroxylation is 1. The molecule has 46 heavy (non-hydrogen) atoms. The van der Waals surface area contributed by atoms with E-state index in [1.807, 2.05) is 23.7 Å². The van der Waals surface area contributed by atoms with Crippen LogP contribution in [-0.4, -0.2) is 14.1 Å². The number of imidazole rings is 1. The summed E-state index contributed by atoms with van der Waals surface area (Å²) in [5, 5.41) is 2.44. The highest BCUT2D eigenvalue weighted by Gasteiger charge is 2.51. The van der Waals surface area contributed by atoms with Crippen LogP contribution in [0, 0.1) is 24.1 Å². The third kappa shape index (κ3) is 4.00. The van der Waals surface area contributed by atoms with Crippen LogP contribution in [0.4, 0.5) is 0 Å². The molecule has 0 saturated heterocycles. The van der Waals surface area contributed by atoms with Gasteiger partial charge in [-0.15, -0.1) is 0 Å². The molecular formula is C41H36N4O. The molecule has 0 aliphatic heterocycles. The van der Waals surface area contributed by atoms with Crippen LogP contribution in [0.25, 0.3) is 44.3 Å². The monoisotopic (exact) mass is 600 g/mol. The molecule has 4 saturated carbocycles. The van der Waals surface area contributed by atoms with Gasteiger partial charge in [0.1, 0.15) is 17.3 Å². The van der Waals surface area contributed by atoms with E-state index in [9.17, 15) is 0 Å². The van der Waals surface area contributed by atoms with Gasteiger partial charge < -0.3 is 13.9 Å². The van der Waals surface area contributed by atoms with Crippen LogP contribution in [0.3, 0.4) is 0 Å². The first kappa shape index (κ1) is 26.3. The quantitative estimate of drug-likeness (QED) is 0.146. The van der Waals surface area contributed by atoms with Crippen LogP contribution in [0.15, 0.2) is 109 Å². The van der Waals surface area contributed by atoms with Crippen LogP contribution in [0.5, 0.6) is 11.5 Å². The molecular weight excluding hydrogens is 564 g/mol. The fourth-order valence-electron chi connectivity index (χ4n) is 9.81. The van der Waals surface area contributed by atoms with Crippen LogP contribution in [-0.2, 0) is 12.5 Å². The van der Waals surface area contributed by atoms with Crippen molar-refractivity contribution in [2.24, 2.45) is 24.8 Å². The van der Waals surface area contributed by atoms with Crippen molar-refractivity contribution in [2.45, 2.75) is 43.9 Å². The zero-order valence-corrected chi connectivity index (χ0v) is 26.1. The Morgan fingerprint density at radius 2 is 1.43 bits per heavy atom. The van der Waals surface area contributed by atoms with Crippen molar-refractivity contribution in [1.82, 2.24) is 14.1 Å². The van der Waals surface area contributed by atoms with Crippen LogP contribution >= 0.6 is 0 Å². The Hall–Kier alpha value is -4.90. The van der Waals surface area contributed by atoms with Crippen molar-refractivity contribution in [3.8, 4) is 23.0 Å². The minimum absolute atomic E-state index is 0.323. The number of fused-ring (bicyclic) bond motifs is 4. The van der Waals surface area contributed by atoms with Gasteiger partial charge in [0.15, 0.2) is 0 Å². The average Bonchev–Trinajstić information content (AvgIpc) is 3.59. The van der Waals surface area contributed by atoms with Crippen molar-refractivity contribution in [3.05, 3.63) is 121 Å². The third-order valence-electron chi connectivity index (χ3n) is 11.3. The molecule has 4 aliphatic carbocycles. The SMILES string of the molecule is C[n+]1[c-]n(-c2cccc(Oc3ccc4c5ccccc5n(-c5cc(C67CC8CC(CC(C8)C6)C7)ccn5)c4c3)c2)c2ccccc21. The highest BCUT2D eigenvalue weighted by atomic mass is 16.5. The largest absolute Gasteiger partial charge is 0.458 e. The number of rotatable bonds is 5. The maximum absolute atomic E-state index is 6.57. The lowest BCUT2D eigenvalue weighted by molar-refractivity contribution is -0.649. The van der Waals surface area contributed by atoms with Gasteiger partial charge in [0, 0.05) is 23.0 Å². The number of nitrogens with zero attached hydrogens (tertiary/aromatic N) is 4. The van der Waals surface area contributed by atoms with Gasteiger partial charge >= 0.3 is 0 Å². The molecule has 0 atom stereocenters. The van der Waals surface area contributed by atoms with E-state index < -0.39 is 0 Å². The zero-order valence-electron chi connectivity index (χ0n) is 26.1. The van der Waals surface area contributed by atoms with Gasteiger partial charge in [-0.3, -0.25) is 4.57 Å². The number of benzene rings is 4. The standard InChI is InChI=1S/C41H36N4O/c1-43-26-44(38-12-5-4-11-37(38)43)31-7-6-8-32(21-31)46-33-13-14-35-34-9-2-3-10-36(34)45(39(35)22-33)40-20-30(15-16-42-40)41-23-27-17-28(24-41)19-29(18-27)25-41/h2-16,20-22,27-29H,17-19,23-25H2,1H3. The molecule has 5 nitrogen and oxygen atoms in total. The van der Waals surface area contributed by atoms with Crippen LogP contribution < -0.4 is 9.30 Å². The fourth-order valence-corrected chi connectivity index (χ4v) is 9.81. The van der Waals surface area contributed by atoms with Crippen LogP contribution in [0.1, 0.15) is 44.1 Å². The topological polar surface area (TPSA) is 35.9 Å². The van der Waals surface area contributed by atoms with E-state index >= 15 is 0 Å². The van der Waals surface area contributed by atoms with Crippen LogP contribution in [0.2, 0.25) is 0 Å².